The van der Waals surface area contributed by atoms with E-state index < -0.39 is 5.97 Å². The van der Waals surface area contributed by atoms with E-state index in [1.165, 1.54) is 11.8 Å². The summed E-state index contributed by atoms with van der Waals surface area (Å²) >= 11 is 1.48. The van der Waals surface area contributed by atoms with Gasteiger partial charge in [-0.3, -0.25) is 4.79 Å². The zero-order valence-corrected chi connectivity index (χ0v) is 14.8. The van der Waals surface area contributed by atoms with Gasteiger partial charge in [0.1, 0.15) is 5.75 Å². The maximum atomic E-state index is 12.3. The van der Waals surface area contributed by atoms with Crippen LogP contribution in [0.25, 0.3) is 0 Å². The van der Waals surface area contributed by atoms with Crippen molar-refractivity contribution in [3.63, 3.8) is 0 Å². The lowest BCUT2D eigenvalue weighted by Crippen LogP contribution is -2.10. The van der Waals surface area contributed by atoms with Crippen molar-refractivity contribution in [2.75, 3.05) is 12.4 Å². The van der Waals surface area contributed by atoms with E-state index >= 15 is 0 Å². The van der Waals surface area contributed by atoms with Crippen molar-refractivity contribution in [1.29, 1.82) is 0 Å². The molecule has 0 aliphatic heterocycles. The standard InChI is InChI=1S/C19H20O4S/c1-12-4-6-15(7-5-12)16(20)11-24-18-9-13(2)17(8-14(18)3)23-10-19(21)22/h4-9H,10-11H2,1-3H3,(H,21,22). The molecule has 1 N–H and O–H groups in total. The van der Waals surface area contributed by atoms with Gasteiger partial charge < -0.3 is 9.84 Å². The lowest BCUT2D eigenvalue weighted by molar-refractivity contribution is -0.139. The molecule has 0 unspecified atom stereocenters. The Kier molecular flexibility index (Phi) is 6.04. The first-order chi connectivity index (χ1) is 11.4. The molecule has 4 nitrogen and oxygen atoms in total. The third kappa shape index (κ3) is 4.86. The van der Waals surface area contributed by atoms with Crippen LogP contribution in [0, 0.1) is 20.8 Å². The number of rotatable bonds is 7. The number of thioether (sulfide) groups is 1. The van der Waals surface area contributed by atoms with E-state index in [1.54, 1.807) is 0 Å². The van der Waals surface area contributed by atoms with Crippen LogP contribution in [-0.2, 0) is 4.79 Å². The number of carboxylic acid groups (broad SMARTS) is 1. The Labute approximate surface area is 145 Å². The molecule has 0 aromatic heterocycles. The Morgan fingerprint density at radius 2 is 1.71 bits per heavy atom. The van der Waals surface area contributed by atoms with Gasteiger partial charge in [-0.05, 0) is 44.0 Å². The average molecular weight is 344 g/mol. The van der Waals surface area contributed by atoms with E-state index in [2.05, 4.69) is 0 Å². The lowest BCUT2D eigenvalue weighted by atomic mass is 10.1. The molecule has 0 spiro atoms. The van der Waals surface area contributed by atoms with Gasteiger partial charge in [0.15, 0.2) is 12.4 Å². The topological polar surface area (TPSA) is 63.6 Å². The highest BCUT2D eigenvalue weighted by atomic mass is 32.2. The largest absolute Gasteiger partial charge is 0.482 e. The van der Waals surface area contributed by atoms with Crippen LogP contribution in [0.5, 0.6) is 5.75 Å². The van der Waals surface area contributed by atoms with Gasteiger partial charge in [0.2, 0.25) is 0 Å². The highest BCUT2D eigenvalue weighted by molar-refractivity contribution is 8.00. The number of Topliss-reactive ketones (excluding diaryl/α,β-unsaturated/α-hetero) is 1. The number of aryl methyl sites for hydroxylation is 3. The van der Waals surface area contributed by atoms with Crippen molar-refractivity contribution < 1.29 is 19.4 Å². The van der Waals surface area contributed by atoms with Gasteiger partial charge in [0.25, 0.3) is 0 Å². The van der Waals surface area contributed by atoms with Crippen molar-refractivity contribution in [3.8, 4) is 5.75 Å². The van der Waals surface area contributed by atoms with Crippen LogP contribution in [0.3, 0.4) is 0 Å². The number of carbonyl (C=O) groups excluding carboxylic acids is 1. The van der Waals surface area contributed by atoms with E-state index in [-0.39, 0.29) is 12.4 Å². The van der Waals surface area contributed by atoms with Gasteiger partial charge in [-0.1, -0.05) is 29.8 Å². The SMILES string of the molecule is Cc1ccc(C(=O)CSc2cc(C)c(OCC(=O)O)cc2C)cc1. The summed E-state index contributed by atoms with van der Waals surface area (Å²) in [6.45, 7) is 5.41. The van der Waals surface area contributed by atoms with E-state index in [9.17, 15) is 9.59 Å². The van der Waals surface area contributed by atoms with Crippen molar-refractivity contribution in [2.24, 2.45) is 0 Å². The minimum atomic E-state index is -1.01. The Morgan fingerprint density at radius 1 is 1.04 bits per heavy atom. The molecule has 2 aromatic rings. The summed E-state index contributed by atoms with van der Waals surface area (Å²) in [6, 6.07) is 11.3. The van der Waals surface area contributed by atoms with Gasteiger partial charge in [0, 0.05) is 10.5 Å². The van der Waals surface area contributed by atoms with Crippen LogP contribution in [0.15, 0.2) is 41.3 Å². The Morgan fingerprint density at radius 3 is 2.33 bits per heavy atom. The fourth-order valence-corrected chi connectivity index (χ4v) is 3.18. The molecule has 0 fully saturated rings. The van der Waals surface area contributed by atoms with Crippen LogP contribution < -0.4 is 4.74 Å². The van der Waals surface area contributed by atoms with Crippen LogP contribution in [0.2, 0.25) is 0 Å². The molecule has 0 heterocycles. The van der Waals surface area contributed by atoms with Crippen LogP contribution >= 0.6 is 11.8 Å². The molecule has 0 amide bonds. The van der Waals surface area contributed by atoms with Crippen LogP contribution in [0.4, 0.5) is 0 Å². The van der Waals surface area contributed by atoms with Crippen molar-refractivity contribution in [1.82, 2.24) is 0 Å². The second-order valence-electron chi connectivity index (χ2n) is 5.64. The maximum absolute atomic E-state index is 12.3. The Balaban J connectivity index is 2.04. The fourth-order valence-electron chi connectivity index (χ4n) is 2.18. The van der Waals surface area contributed by atoms with E-state index in [1.807, 2.05) is 57.2 Å². The second-order valence-corrected chi connectivity index (χ2v) is 6.66. The minimum Gasteiger partial charge on any atom is -0.482 e. The third-order valence-electron chi connectivity index (χ3n) is 3.56. The summed E-state index contributed by atoms with van der Waals surface area (Å²) in [4.78, 5) is 23.9. The Hall–Kier alpha value is -2.27. The molecule has 0 radical (unpaired) electrons. The quantitative estimate of drug-likeness (QED) is 0.606. The van der Waals surface area contributed by atoms with Crippen molar-refractivity contribution in [2.45, 2.75) is 25.7 Å². The fraction of sp³-hybridized carbons (Fsp3) is 0.263. The number of aliphatic carboxylic acids is 1. The van der Waals surface area contributed by atoms with Gasteiger partial charge in [-0.25, -0.2) is 4.79 Å². The lowest BCUT2D eigenvalue weighted by Gasteiger charge is -2.12. The number of ether oxygens (including phenoxy) is 1. The van der Waals surface area contributed by atoms with Crippen molar-refractivity contribution in [3.05, 3.63) is 58.7 Å². The number of hydrogen-bond acceptors (Lipinski definition) is 4. The molecular formula is C19H20O4S. The normalized spacial score (nSPS) is 10.5. The first kappa shape index (κ1) is 18.1. The van der Waals surface area contributed by atoms with E-state index in [4.69, 9.17) is 9.84 Å². The first-order valence-electron chi connectivity index (χ1n) is 7.55. The predicted octanol–water partition coefficient (Wildman–Crippen LogP) is 4.05. The van der Waals surface area contributed by atoms with Gasteiger partial charge in [-0.2, -0.15) is 0 Å². The summed E-state index contributed by atoms with van der Waals surface area (Å²) in [5.41, 5.74) is 3.65. The minimum absolute atomic E-state index is 0.0863. The van der Waals surface area contributed by atoms with Crippen LogP contribution in [0.1, 0.15) is 27.0 Å². The summed E-state index contributed by atoms with van der Waals surface area (Å²) in [7, 11) is 0. The Bertz CT molecular complexity index is 751. The first-order valence-corrected chi connectivity index (χ1v) is 8.54. The molecule has 0 saturated heterocycles. The number of ketones is 1. The molecular weight excluding hydrogens is 324 g/mol. The smallest absolute Gasteiger partial charge is 0.341 e. The van der Waals surface area contributed by atoms with Gasteiger partial charge >= 0.3 is 5.97 Å². The highest BCUT2D eigenvalue weighted by Crippen LogP contribution is 2.30. The molecule has 0 bridgehead atoms. The number of benzene rings is 2. The molecule has 2 rings (SSSR count). The zero-order chi connectivity index (χ0) is 17.7. The number of carboxylic acids is 1. The molecule has 0 saturated carbocycles. The molecule has 24 heavy (non-hydrogen) atoms. The second kappa shape index (κ2) is 8.02. The van der Waals surface area contributed by atoms with Gasteiger partial charge in [-0.15, -0.1) is 11.8 Å². The van der Waals surface area contributed by atoms with E-state index in [0.29, 0.717) is 17.1 Å². The van der Waals surface area contributed by atoms with Crippen molar-refractivity contribution >= 4 is 23.5 Å². The molecule has 2 aromatic carbocycles. The van der Waals surface area contributed by atoms with Crippen LogP contribution in [-0.4, -0.2) is 29.2 Å². The van der Waals surface area contributed by atoms with Gasteiger partial charge in [0.05, 0.1) is 5.75 Å². The number of carbonyl (C=O) groups is 2. The zero-order valence-electron chi connectivity index (χ0n) is 14.0. The molecule has 0 aliphatic carbocycles. The molecule has 0 atom stereocenters. The maximum Gasteiger partial charge on any atom is 0.341 e. The third-order valence-corrected chi connectivity index (χ3v) is 4.71. The molecule has 5 heteroatoms. The van der Waals surface area contributed by atoms with E-state index in [0.717, 1.165) is 21.6 Å². The summed E-state index contributed by atoms with van der Waals surface area (Å²) in [5.74, 6) is 0.000132. The molecule has 0 aliphatic rings. The highest BCUT2D eigenvalue weighted by Gasteiger charge is 2.11. The summed E-state index contributed by atoms with van der Waals surface area (Å²) in [5, 5.41) is 8.69. The number of hydrogen-bond donors (Lipinski definition) is 1. The predicted molar refractivity (Wildman–Crippen MR) is 95.3 cm³/mol. The summed E-state index contributed by atoms with van der Waals surface area (Å²) < 4.78 is 5.26. The monoisotopic (exact) mass is 344 g/mol. The summed E-state index contributed by atoms with van der Waals surface area (Å²) in [6.07, 6.45) is 0. The molecule has 126 valence electrons. The average Bonchev–Trinajstić information content (AvgIpc) is 2.54.